The molecule has 0 saturated heterocycles. The molecular weight excluding hydrogens is 1360 g/mol. The third-order valence-corrected chi connectivity index (χ3v) is 23.3. The highest BCUT2D eigenvalue weighted by molar-refractivity contribution is 5.95. The Hall–Kier alpha value is -14.7. The summed E-state index contributed by atoms with van der Waals surface area (Å²) in [5.41, 5.74) is 33.1. The van der Waals surface area contributed by atoms with Crippen molar-refractivity contribution >= 4 is 0 Å². The van der Waals surface area contributed by atoms with Crippen LogP contribution in [0.3, 0.4) is 0 Å². The van der Waals surface area contributed by atoms with E-state index in [-0.39, 0.29) is 0 Å². The van der Waals surface area contributed by atoms with Crippen molar-refractivity contribution in [2.75, 3.05) is 0 Å². The van der Waals surface area contributed by atoms with E-state index in [1.54, 1.807) is 0 Å². The van der Waals surface area contributed by atoms with Crippen LogP contribution in [0.2, 0.25) is 0 Å². The highest BCUT2D eigenvalue weighted by Gasteiger charge is 2.53. The van der Waals surface area contributed by atoms with E-state index in [1.165, 1.54) is 44.5 Å². The molecular formula is C106H66N4O2. The molecule has 0 atom stereocenters. The Morgan fingerprint density at radius 2 is 0.446 bits per heavy atom. The molecule has 2 aliphatic carbocycles. The summed E-state index contributed by atoms with van der Waals surface area (Å²) in [6.45, 7) is 0. The molecule has 0 fully saturated rings. The fraction of sp³-hybridized carbons (Fsp3) is 0.0189. The van der Waals surface area contributed by atoms with E-state index in [2.05, 4.69) is 376 Å². The fourth-order valence-electron chi connectivity index (χ4n) is 18.2. The molecule has 6 heteroatoms. The van der Waals surface area contributed by atoms with Gasteiger partial charge in [-0.3, -0.25) is 0 Å². The summed E-state index contributed by atoms with van der Waals surface area (Å²) >= 11 is 0. The predicted molar refractivity (Wildman–Crippen MR) is 452 cm³/mol. The van der Waals surface area contributed by atoms with Crippen LogP contribution in [0, 0.1) is 0 Å². The molecule has 0 unspecified atom stereocenters. The number of aromatic nitrogens is 4. The van der Waals surface area contributed by atoms with Crippen LogP contribution in [-0.2, 0) is 10.8 Å². The molecule has 522 valence electrons. The zero-order valence-electron chi connectivity index (χ0n) is 60.7. The first-order chi connectivity index (χ1) is 55.5. The first kappa shape index (κ1) is 64.5. The van der Waals surface area contributed by atoms with Gasteiger partial charge in [0.2, 0.25) is 0 Å². The highest BCUT2D eigenvalue weighted by atomic mass is 16.5. The minimum atomic E-state index is -0.764. The van der Waals surface area contributed by atoms with Crippen molar-refractivity contribution in [1.82, 2.24) is 19.9 Å². The topological polar surface area (TPSA) is 70.0 Å². The number of hydrogen-bond donors (Lipinski definition) is 0. The van der Waals surface area contributed by atoms with Crippen LogP contribution in [0.1, 0.15) is 44.5 Å². The molecule has 0 saturated carbocycles. The smallest absolute Gasteiger partial charge is 0.160 e. The average molecular weight is 1430 g/mol. The predicted octanol–water partition coefficient (Wildman–Crippen LogP) is 26.5. The van der Waals surface area contributed by atoms with Gasteiger partial charge in [-0.2, -0.15) is 0 Å². The Balaban J connectivity index is 0.639. The second-order valence-electron chi connectivity index (χ2n) is 29.4. The van der Waals surface area contributed by atoms with Gasteiger partial charge in [0.25, 0.3) is 0 Å². The van der Waals surface area contributed by atoms with Crippen LogP contribution in [0.5, 0.6) is 23.0 Å². The third-order valence-electron chi connectivity index (χ3n) is 23.3. The second-order valence-corrected chi connectivity index (χ2v) is 29.4. The summed E-state index contributed by atoms with van der Waals surface area (Å²) in [4.78, 5) is 21.3. The number of para-hydroxylation sites is 1. The molecule has 0 radical (unpaired) electrons. The van der Waals surface area contributed by atoms with Crippen molar-refractivity contribution < 1.29 is 9.47 Å². The third kappa shape index (κ3) is 10.3. The SMILES string of the molecule is c1ccc(-c2nc(-c3ccc(-c4ccc5c(c4)C4(c6ccccc6O5)c5ccccc5-c5ccccc54)cc3)cc(-c3ccc(-c4ccc5c(c4)C4(c6cc(-c7ccc(-c8cc(-c9ccccc9-c9ccccc9)nc(-c9ccccc9)n8)cc7)ccc6O5)c5ccccc5-c5ccccc54)c(-c4ccccc4)c3)n2)cc1. The normalized spacial score (nSPS) is 13.1. The monoisotopic (exact) mass is 1430 g/mol. The first-order valence-corrected chi connectivity index (χ1v) is 38.2. The Morgan fingerprint density at radius 1 is 0.152 bits per heavy atom. The van der Waals surface area contributed by atoms with Gasteiger partial charge in [-0.15, -0.1) is 0 Å². The Kier molecular flexibility index (Phi) is 15.0. The highest BCUT2D eigenvalue weighted by Crippen LogP contribution is 2.65. The van der Waals surface area contributed by atoms with E-state index in [0.717, 1.165) is 157 Å². The van der Waals surface area contributed by atoms with Crippen LogP contribution in [0.4, 0.5) is 0 Å². The standard InChI is InChI=1S/C106H66N4O2/c1-5-25-69(26-6-1)79-33-13-14-38-85(79)98-66-96(108-104(110-98)74-31-11-4-12-32-74)72-51-47-68(48-52-72)76-55-59-101-93(63-76)106(89-41-21-17-36-83(89)84-37-18-22-42-90(84)106)94-64-77(56-60-102(94)112-101)80-57-53-78(61-86(80)70-27-7-2-8-28-70)97-65-95(107-103(109-97)73-29-9-3-10-30-73)71-49-45-67(46-50-71)75-54-58-100-92(62-75)105(91-43-23-24-44-99(91)111-100)87-39-19-15-34-81(87)82-35-16-20-40-88(82)105/h1-66H. The van der Waals surface area contributed by atoms with Gasteiger partial charge < -0.3 is 9.47 Å². The Morgan fingerprint density at radius 3 is 0.911 bits per heavy atom. The van der Waals surface area contributed by atoms with E-state index < -0.39 is 10.8 Å². The van der Waals surface area contributed by atoms with Crippen LogP contribution in [0.25, 0.3) is 146 Å². The molecule has 18 aromatic rings. The average Bonchev–Trinajstić information content (AvgIpc) is 1.49. The quantitative estimate of drug-likeness (QED) is 0.129. The van der Waals surface area contributed by atoms with Crippen molar-refractivity contribution in [3.63, 3.8) is 0 Å². The lowest BCUT2D eigenvalue weighted by atomic mass is 9.65. The maximum absolute atomic E-state index is 7.24. The maximum atomic E-state index is 7.24. The van der Waals surface area contributed by atoms with Gasteiger partial charge in [0, 0.05) is 55.6 Å². The Bertz CT molecular complexity index is 6710. The molecule has 2 aliphatic heterocycles. The van der Waals surface area contributed by atoms with Gasteiger partial charge in [0.05, 0.1) is 33.6 Å². The summed E-state index contributed by atoms with van der Waals surface area (Å²) in [6.07, 6.45) is 0. The van der Waals surface area contributed by atoms with Crippen molar-refractivity contribution in [3.05, 3.63) is 445 Å². The van der Waals surface area contributed by atoms with Crippen molar-refractivity contribution in [1.29, 1.82) is 0 Å². The van der Waals surface area contributed by atoms with Gasteiger partial charge in [-0.05, 0) is 161 Å². The maximum Gasteiger partial charge on any atom is 0.160 e. The number of hydrogen-bond acceptors (Lipinski definition) is 6. The van der Waals surface area contributed by atoms with Gasteiger partial charge >= 0.3 is 0 Å². The van der Waals surface area contributed by atoms with E-state index in [4.69, 9.17) is 29.4 Å². The first-order valence-electron chi connectivity index (χ1n) is 38.2. The van der Waals surface area contributed by atoms with Crippen LogP contribution >= 0.6 is 0 Å². The summed E-state index contributed by atoms with van der Waals surface area (Å²) in [5.74, 6) is 4.69. The lowest BCUT2D eigenvalue weighted by Gasteiger charge is -2.40. The Labute approximate surface area is 649 Å². The number of benzene rings is 16. The van der Waals surface area contributed by atoms with Crippen molar-refractivity contribution in [3.8, 4) is 169 Å². The van der Waals surface area contributed by atoms with E-state index >= 15 is 0 Å². The summed E-state index contributed by atoms with van der Waals surface area (Å²) in [5, 5.41) is 0. The van der Waals surface area contributed by atoms with Crippen molar-refractivity contribution in [2.45, 2.75) is 10.8 Å². The zero-order valence-corrected chi connectivity index (χ0v) is 60.7. The molecule has 112 heavy (non-hydrogen) atoms. The number of fused-ring (bicyclic) bond motifs is 18. The van der Waals surface area contributed by atoms with Crippen LogP contribution in [0.15, 0.2) is 400 Å². The number of nitrogens with zero attached hydrogens (tertiary/aromatic N) is 4. The number of ether oxygens (including phenoxy) is 2. The lowest BCUT2D eigenvalue weighted by Crippen LogP contribution is -2.32. The fourth-order valence-corrected chi connectivity index (χ4v) is 18.2. The minimum Gasteiger partial charge on any atom is -0.457 e. The van der Waals surface area contributed by atoms with E-state index in [1.807, 2.05) is 24.3 Å². The van der Waals surface area contributed by atoms with E-state index in [9.17, 15) is 0 Å². The molecule has 0 bridgehead atoms. The van der Waals surface area contributed by atoms with Gasteiger partial charge in [-0.25, -0.2) is 19.9 Å². The summed E-state index contributed by atoms with van der Waals surface area (Å²) < 4.78 is 14.1. The molecule has 6 nitrogen and oxygen atoms in total. The van der Waals surface area contributed by atoms with Crippen LogP contribution in [-0.4, -0.2) is 19.9 Å². The molecule has 4 heterocycles. The lowest BCUT2D eigenvalue weighted by molar-refractivity contribution is 0.436. The van der Waals surface area contributed by atoms with E-state index in [0.29, 0.717) is 11.6 Å². The summed E-state index contributed by atoms with van der Waals surface area (Å²) in [6, 6.07) is 144. The molecule has 0 N–H and O–H groups in total. The van der Waals surface area contributed by atoms with Crippen LogP contribution < -0.4 is 9.47 Å². The van der Waals surface area contributed by atoms with Gasteiger partial charge in [0.1, 0.15) is 23.0 Å². The molecule has 2 aromatic heterocycles. The molecule has 2 spiro atoms. The number of rotatable bonds is 11. The second kappa shape index (κ2) is 26.0. The summed E-state index contributed by atoms with van der Waals surface area (Å²) in [7, 11) is 0. The van der Waals surface area contributed by atoms with Crippen molar-refractivity contribution in [2.24, 2.45) is 0 Å². The molecule has 16 aromatic carbocycles. The molecule has 22 rings (SSSR count). The van der Waals surface area contributed by atoms with Gasteiger partial charge in [0.15, 0.2) is 11.6 Å². The molecule has 4 aliphatic rings. The molecule has 0 amide bonds. The zero-order chi connectivity index (χ0) is 73.9. The minimum absolute atomic E-state index is 0.568. The largest absolute Gasteiger partial charge is 0.457 e. The van der Waals surface area contributed by atoms with Gasteiger partial charge in [-0.1, -0.05) is 340 Å².